The number of nitrogens with one attached hydrogen (secondary N) is 1. The van der Waals surface area contributed by atoms with E-state index in [0.29, 0.717) is 24.7 Å². The van der Waals surface area contributed by atoms with E-state index in [9.17, 15) is 8.42 Å². The molecule has 5 nitrogen and oxygen atoms in total. The zero-order valence-corrected chi connectivity index (χ0v) is 13.1. The topological polar surface area (TPSA) is 75.6 Å². The largest absolute Gasteiger partial charge is 0.494 e. The van der Waals surface area contributed by atoms with Crippen LogP contribution in [0, 0.1) is 5.92 Å². The van der Waals surface area contributed by atoms with Crippen molar-refractivity contribution in [1.29, 1.82) is 0 Å². The van der Waals surface area contributed by atoms with Crippen molar-refractivity contribution in [2.45, 2.75) is 43.5 Å². The van der Waals surface area contributed by atoms with Gasteiger partial charge in [-0.2, -0.15) is 0 Å². The maximum absolute atomic E-state index is 12.2. The van der Waals surface area contributed by atoms with Crippen molar-refractivity contribution < 1.29 is 18.3 Å². The van der Waals surface area contributed by atoms with Gasteiger partial charge in [-0.1, -0.05) is 12.8 Å². The molecule has 2 rings (SSSR count). The first-order valence-corrected chi connectivity index (χ1v) is 8.85. The molecule has 1 aromatic rings. The number of ether oxygens (including phenoxy) is 1. The molecule has 6 heteroatoms. The average Bonchev–Trinajstić information content (AvgIpc) is 3.23. The summed E-state index contributed by atoms with van der Waals surface area (Å²) in [6.45, 7) is 2.40. The van der Waals surface area contributed by atoms with Gasteiger partial charge in [-0.25, -0.2) is 13.1 Å². The van der Waals surface area contributed by atoms with Crippen LogP contribution in [0.25, 0.3) is 0 Å². The molecule has 1 aromatic carbocycles. The summed E-state index contributed by atoms with van der Waals surface area (Å²) in [7, 11) is -3.46. The van der Waals surface area contributed by atoms with Crippen molar-refractivity contribution >= 4 is 10.0 Å². The molecule has 0 aliphatic heterocycles. The molecule has 1 aliphatic carbocycles. The van der Waals surface area contributed by atoms with Crippen LogP contribution in [-0.4, -0.2) is 32.8 Å². The lowest BCUT2D eigenvalue weighted by Gasteiger charge is -2.14. The Morgan fingerprint density at radius 2 is 2.00 bits per heavy atom. The predicted octanol–water partition coefficient (Wildman–Crippen LogP) is 1.91. The first-order valence-electron chi connectivity index (χ1n) is 7.37. The molecule has 0 aromatic heterocycles. The molecular formula is C15H23NO4S. The highest BCUT2D eigenvalue weighted by molar-refractivity contribution is 7.89. The number of rotatable bonds is 9. The fraction of sp³-hybridized carbons (Fsp3) is 0.600. The Morgan fingerprint density at radius 1 is 1.33 bits per heavy atom. The van der Waals surface area contributed by atoms with Crippen molar-refractivity contribution in [3.8, 4) is 5.75 Å². The smallest absolute Gasteiger partial charge is 0.240 e. The van der Waals surface area contributed by atoms with Gasteiger partial charge in [0.05, 0.1) is 11.5 Å². The number of hydrogen-bond acceptors (Lipinski definition) is 4. The third-order valence-corrected chi connectivity index (χ3v) is 5.05. The van der Waals surface area contributed by atoms with E-state index in [-0.39, 0.29) is 17.5 Å². The lowest BCUT2D eigenvalue weighted by Crippen LogP contribution is -2.32. The second kappa shape index (κ2) is 7.24. The van der Waals surface area contributed by atoms with Crippen molar-refractivity contribution in [3.63, 3.8) is 0 Å². The van der Waals surface area contributed by atoms with E-state index in [1.807, 2.05) is 6.92 Å². The van der Waals surface area contributed by atoms with Gasteiger partial charge in [-0.15, -0.1) is 0 Å². The lowest BCUT2D eigenvalue weighted by atomic mass is 10.2. The minimum absolute atomic E-state index is 0.0389. The summed E-state index contributed by atoms with van der Waals surface area (Å²) < 4.78 is 32.6. The molecule has 118 valence electrons. The van der Waals surface area contributed by atoms with Crippen molar-refractivity contribution in [2.24, 2.45) is 5.92 Å². The van der Waals surface area contributed by atoms with Crippen LogP contribution < -0.4 is 9.46 Å². The molecule has 1 unspecified atom stereocenters. The van der Waals surface area contributed by atoms with E-state index in [4.69, 9.17) is 9.84 Å². The Kier molecular flexibility index (Phi) is 5.61. The van der Waals surface area contributed by atoms with Crippen LogP contribution >= 0.6 is 0 Å². The van der Waals surface area contributed by atoms with E-state index in [1.165, 1.54) is 12.8 Å². The Bertz CT molecular complexity index is 537. The van der Waals surface area contributed by atoms with Crippen LogP contribution in [0.3, 0.4) is 0 Å². The van der Waals surface area contributed by atoms with Crippen LogP contribution in [0.15, 0.2) is 29.2 Å². The molecule has 0 saturated heterocycles. The van der Waals surface area contributed by atoms with Crippen LogP contribution in [0.2, 0.25) is 0 Å². The van der Waals surface area contributed by atoms with Crippen molar-refractivity contribution in [1.82, 2.24) is 4.72 Å². The zero-order valence-electron chi connectivity index (χ0n) is 12.3. The molecule has 1 atom stereocenters. The zero-order chi connectivity index (χ0) is 15.3. The molecule has 1 saturated carbocycles. The summed E-state index contributed by atoms with van der Waals surface area (Å²) in [6.07, 6.45) is 3.89. The van der Waals surface area contributed by atoms with E-state index in [1.54, 1.807) is 24.3 Å². The van der Waals surface area contributed by atoms with E-state index in [0.717, 1.165) is 6.42 Å². The van der Waals surface area contributed by atoms with Gasteiger partial charge in [0, 0.05) is 19.1 Å². The van der Waals surface area contributed by atoms with Crippen LogP contribution in [0.1, 0.15) is 32.6 Å². The SMILES string of the molecule is CC(CC1CC1)NS(=O)(=O)c1ccc(OCCCO)cc1. The predicted molar refractivity (Wildman–Crippen MR) is 80.8 cm³/mol. The highest BCUT2D eigenvalue weighted by Gasteiger charge is 2.26. The first-order chi connectivity index (χ1) is 10.0. The Labute approximate surface area is 126 Å². The number of sulfonamides is 1. The molecule has 2 N–H and O–H groups in total. The van der Waals surface area contributed by atoms with E-state index in [2.05, 4.69) is 4.72 Å². The van der Waals surface area contributed by atoms with Gasteiger partial charge < -0.3 is 9.84 Å². The standard InChI is InChI=1S/C15H23NO4S/c1-12(11-13-3-4-13)16-21(18,19)15-7-5-14(6-8-15)20-10-2-9-17/h5-8,12-13,16-17H,2-4,9-11H2,1H3. The molecular weight excluding hydrogens is 290 g/mol. The van der Waals surface area contributed by atoms with Gasteiger partial charge >= 0.3 is 0 Å². The fourth-order valence-corrected chi connectivity index (χ4v) is 3.46. The second-order valence-electron chi connectivity index (χ2n) is 5.60. The van der Waals surface area contributed by atoms with Crippen molar-refractivity contribution in [3.05, 3.63) is 24.3 Å². The third-order valence-electron chi connectivity index (χ3n) is 3.45. The molecule has 0 heterocycles. The Morgan fingerprint density at radius 3 is 2.57 bits per heavy atom. The number of aliphatic hydroxyl groups excluding tert-OH is 1. The minimum Gasteiger partial charge on any atom is -0.494 e. The van der Waals surface area contributed by atoms with Crippen LogP contribution in [0.5, 0.6) is 5.75 Å². The maximum atomic E-state index is 12.2. The summed E-state index contributed by atoms with van der Waals surface area (Å²) in [4.78, 5) is 0.250. The second-order valence-corrected chi connectivity index (χ2v) is 7.31. The van der Waals surface area contributed by atoms with Gasteiger partial charge in [-0.05, 0) is 43.5 Å². The third kappa shape index (κ3) is 5.30. The van der Waals surface area contributed by atoms with E-state index < -0.39 is 10.0 Å². The molecule has 0 amide bonds. The average molecular weight is 313 g/mol. The summed E-state index contributed by atoms with van der Waals surface area (Å²) in [6, 6.07) is 6.32. The van der Waals surface area contributed by atoms with Gasteiger partial charge in [0.25, 0.3) is 0 Å². The quantitative estimate of drug-likeness (QED) is 0.683. The highest BCUT2D eigenvalue weighted by atomic mass is 32.2. The monoisotopic (exact) mass is 313 g/mol. The normalized spacial score (nSPS) is 16.7. The first kappa shape index (κ1) is 16.3. The maximum Gasteiger partial charge on any atom is 0.240 e. The fourth-order valence-electron chi connectivity index (χ4n) is 2.20. The summed E-state index contributed by atoms with van der Waals surface area (Å²) in [5.74, 6) is 1.29. The van der Waals surface area contributed by atoms with Crippen LogP contribution in [-0.2, 0) is 10.0 Å². The van der Waals surface area contributed by atoms with Gasteiger partial charge in [0.1, 0.15) is 5.75 Å². The van der Waals surface area contributed by atoms with E-state index >= 15 is 0 Å². The highest BCUT2D eigenvalue weighted by Crippen LogP contribution is 2.33. The molecule has 0 spiro atoms. The molecule has 0 radical (unpaired) electrons. The Balaban J connectivity index is 1.92. The van der Waals surface area contributed by atoms with Gasteiger partial charge in [0.2, 0.25) is 10.0 Å². The summed E-state index contributed by atoms with van der Waals surface area (Å²) in [5.41, 5.74) is 0. The minimum atomic E-state index is -3.46. The molecule has 0 bridgehead atoms. The molecule has 1 fully saturated rings. The lowest BCUT2D eigenvalue weighted by molar-refractivity contribution is 0.233. The molecule has 1 aliphatic rings. The molecule has 21 heavy (non-hydrogen) atoms. The summed E-state index contributed by atoms with van der Waals surface area (Å²) >= 11 is 0. The van der Waals surface area contributed by atoms with Gasteiger partial charge in [-0.3, -0.25) is 0 Å². The summed E-state index contributed by atoms with van der Waals surface area (Å²) in [5, 5.41) is 8.68. The van der Waals surface area contributed by atoms with Crippen LogP contribution in [0.4, 0.5) is 0 Å². The van der Waals surface area contributed by atoms with Gasteiger partial charge in [0.15, 0.2) is 0 Å². The van der Waals surface area contributed by atoms with Crippen molar-refractivity contribution in [2.75, 3.05) is 13.2 Å². The Hall–Kier alpha value is -1.11. The number of hydrogen-bond donors (Lipinski definition) is 2. The number of aliphatic hydroxyl groups is 1. The number of benzene rings is 1.